The number of carbonyl (C=O) groups is 1. The number of aromatic nitrogens is 2. The summed E-state index contributed by atoms with van der Waals surface area (Å²) in [5, 5.41) is 2.86. The Morgan fingerprint density at radius 2 is 2.09 bits per heavy atom. The maximum atomic E-state index is 12.4. The number of pyridine rings is 1. The average molecular weight is 305 g/mol. The SMILES string of the molecule is Cc1cccc2oc(CNC(=O)c3ccc4ccccn34)nc12. The molecule has 0 aliphatic rings. The summed E-state index contributed by atoms with van der Waals surface area (Å²) in [5.41, 5.74) is 4.21. The van der Waals surface area contributed by atoms with E-state index in [-0.39, 0.29) is 12.5 Å². The first-order chi connectivity index (χ1) is 11.2. The van der Waals surface area contributed by atoms with Crippen LogP contribution in [0.1, 0.15) is 21.9 Å². The highest BCUT2D eigenvalue weighted by Crippen LogP contribution is 2.18. The van der Waals surface area contributed by atoms with E-state index in [4.69, 9.17) is 4.42 Å². The molecule has 4 rings (SSSR count). The molecule has 4 aromatic rings. The van der Waals surface area contributed by atoms with Crippen molar-refractivity contribution in [1.29, 1.82) is 0 Å². The molecule has 0 aliphatic carbocycles. The number of aryl methyl sites for hydroxylation is 1. The van der Waals surface area contributed by atoms with E-state index in [0.29, 0.717) is 11.6 Å². The minimum Gasteiger partial charge on any atom is -0.439 e. The second kappa shape index (κ2) is 5.28. The fraction of sp³-hybridized carbons (Fsp3) is 0.111. The van der Waals surface area contributed by atoms with Gasteiger partial charge in [-0.15, -0.1) is 0 Å². The third kappa shape index (κ3) is 2.36. The molecule has 0 saturated heterocycles. The predicted octanol–water partition coefficient (Wildman–Crippen LogP) is 3.32. The minimum atomic E-state index is -0.157. The van der Waals surface area contributed by atoms with E-state index < -0.39 is 0 Å². The van der Waals surface area contributed by atoms with Gasteiger partial charge in [-0.25, -0.2) is 4.98 Å². The van der Waals surface area contributed by atoms with Crippen LogP contribution in [0.3, 0.4) is 0 Å². The number of carbonyl (C=O) groups excluding carboxylic acids is 1. The van der Waals surface area contributed by atoms with Gasteiger partial charge in [0.05, 0.1) is 6.54 Å². The van der Waals surface area contributed by atoms with Crippen molar-refractivity contribution in [1.82, 2.24) is 14.7 Å². The number of hydrogen-bond acceptors (Lipinski definition) is 3. The van der Waals surface area contributed by atoms with Crippen LogP contribution in [0.15, 0.2) is 59.1 Å². The quantitative estimate of drug-likeness (QED) is 0.631. The average Bonchev–Trinajstić information content (AvgIpc) is 3.17. The Morgan fingerprint density at radius 3 is 2.96 bits per heavy atom. The fourth-order valence-electron chi connectivity index (χ4n) is 2.70. The van der Waals surface area contributed by atoms with Crippen LogP contribution in [0.5, 0.6) is 0 Å². The van der Waals surface area contributed by atoms with Gasteiger partial charge in [0.25, 0.3) is 5.91 Å². The second-order valence-electron chi connectivity index (χ2n) is 5.43. The number of rotatable bonds is 3. The van der Waals surface area contributed by atoms with E-state index in [1.54, 1.807) is 6.07 Å². The van der Waals surface area contributed by atoms with Crippen molar-refractivity contribution in [2.45, 2.75) is 13.5 Å². The topological polar surface area (TPSA) is 59.5 Å². The molecule has 0 unspecified atom stereocenters. The zero-order chi connectivity index (χ0) is 15.8. The highest BCUT2D eigenvalue weighted by atomic mass is 16.3. The first kappa shape index (κ1) is 13.6. The number of hydrogen-bond donors (Lipinski definition) is 1. The molecule has 0 saturated carbocycles. The van der Waals surface area contributed by atoms with Gasteiger partial charge in [0.1, 0.15) is 11.2 Å². The van der Waals surface area contributed by atoms with Crippen LogP contribution in [0.2, 0.25) is 0 Å². The van der Waals surface area contributed by atoms with Gasteiger partial charge in [0.15, 0.2) is 5.58 Å². The molecular formula is C18H15N3O2. The van der Waals surface area contributed by atoms with Gasteiger partial charge in [-0.2, -0.15) is 0 Å². The Balaban J connectivity index is 1.56. The van der Waals surface area contributed by atoms with Gasteiger partial charge in [-0.1, -0.05) is 18.2 Å². The molecule has 0 bridgehead atoms. The van der Waals surface area contributed by atoms with Gasteiger partial charge in [-0.3, -0.25) is 4.79 Å². The van der Waals surface area contributed by atoms with Gasteiger partial charge in [0, 0.05) is 11.7 Å². The smallest absolute Gasteiger partial charge is 0.268 e. The molecule has 23 heavy (non-hydrogen) atoms. The third-order valence-electron chi connectivity index (χ3n) is 3.86. The van der Waals surface area contributed by atoms with E-state index >= 15 is 0 Å². The third-order valence-corrected chi connectivity index (χ3v) is 3.86. The summed E-state index contributed by atoms with van der Waals surface area (Å²) in [5.74, 6) is 0.346. The molecular weight excluding hydrogens is 290 g/mol. The van der Waals surface area contributed by atoms with Crippen LogP contribution >= 0.6 is 0 Å². The molecule has 0 spiro atoms. The van der Waals surface area contributed by atoms with Crippen molar-refractivity contribution < 1.29 is 9.21 Å². The van der Waals surface area contributed by atoms with E-state index in [9.17, 15) is 4.79 Å². The van der Waals surface area contributed by atoms with E-state index in [0.717, 1.165) is 22.2 Å². The normalized spacial score (nSPS) is 11.2. The van der Waals surface area contributed by atoms with E-state index in [1.807, 2.05) is 60.0 Å². The largest absolute Gasteiger partial charge is 0.439 e. The van der Waals surface area contributed by atoms with Gasteiger partial charge < -0.3 is 14.1 Å². The van der Waals surface area contributed by atoms with Gasteiger partial charge in [-0.05, 0) is 42.8 Å². The Labute approximate surface area is 132 Å². The summed E-state index contributed by atoms with van der Waals surface area (Å²) >= 11 is 0. The molecule has 1 amide bonds. The number of para-hydroxylation sites is 1. The van der Waals surface area contributed by atoms with Crippen LogP contribution in [0.25, 0.3) is 16.6 Å². The fourth-order valence-corrected chi connectivity index (χ4v) is 2.70. The lowest BCUT2D eigenvalue weighted by Gasteiger charge is -2.03. The van der Waals surface area contributed by atoms with Crippen molar-refractivity contribution in [3.63, 3.8) is 0 Å². The van der Waals surface area contributed by atoms with Crippen LogP contribution in [-0.2, 0) is 6.54 Å². The molecule has 5 nitrogen and oxygen atoms in total. The number of nitrogens with zero attached hydrogens (tertiary/aromatic N) is 2. The Bertz CT molecular complexity index is 1010. The molecule has 5 heteroatoms. The minimum absolute atomic E-state index is 0.157. The summed E-state index contributed by atoms with van der Waals surface area (Å²) in [7, 11) is 0. The lowest BCUT2D eigenvalue weighted by atomic mass is 10.2. The summed E-state index contributed by atoms with van der Waals surface area (Å²) in [6, 6.07) is 15.3. The lowest BCUT2D eigenvalue weighted by molar-refractivity contribution is 0.0941. The van der Waals surface area contributed by atoms with Crippen LogP contribution in [0.4, 0.5) is 0 Å². The molecule has 3 aromatic heterocycles. The number of fused-ring (bicyclic) bond motifs is 2. The van der Waals surface area contributed by atoms with E-state index in [1.165, 1.54) is 0 Å². The molecule has 3 heterocycles. The predicted molar refractivity (Wildman–Crippen MR) is 87.3 cm³/mol. The maximum Gasteiger partial charge on any atom is 0.268 e. The number of benzene rings is 1. The summed E-state index contributed by atoms with van der Waals surface area (Å²) in [6.45, 7) is 2.24. The summed E-state index contributed by atoms with van der Waals surface area (Å²) in [4.78, 5) is 16.8. The Kier molecular flexibility index (Phi) is 3.12. The Morgan fingerprint density at radius 1 is 1.17 bits per heavy atom. The summed E-state index contributed by atoms with van der Waals surface area (Å²) in [6.07, 6.45) is 1.87. The highest BCUT2D eigenvalue weighted by molar-refractivity contribution is 5.94. The van der Waals surface area contributed by atoms with E-state index in [2.05, 4.69) is 10.3 Å². The van der Waals surface area contributed by atoms with Crippen molar-refractivity contribution in [2.75, 3.05) is 0 Å². The molecule has 1 N–H and O–H groups in total. The van der Waals surface area contributed by atoms with Gasteiger partial charge >= 0.3 is 0 Å². The molecule has 0 atom stereocenters. The zero-order valence-electron chi connectivity index (χ0n) is 12.6. The zero-order valence-corrected chi connectivity index (χ0v) is 12.6. The lowest BCUT2D eigenvalue weighted by Crippen LogP contribution is -2.24. The van der Waals surface area contributed by atoms with Gasteiger partial charge in [0.2, 0.25) is 5.89 Å². The first-order valence-corrected chi connectivity index (χ1v) is 7.42. The van der Waals surface area contributed by atoms with Crippen molar-refractivity contribution in [3.8, 4) is 0 Å². The maximum absolute atomic E-state index is 12.4. The second-order valence-corrected chi connectivity index (χ2v) is 5.43. The number of amides is 1. The first-order valence-electron chi connectivity index (χ1n) is 7.42. The summed E-state index contributed by atoms with van der Waals surface area (Å²) < 4.78 is 7.52. The van der Waals surface area contributed by atoms with Crippen molar-refractivity contribution >= 4 is 22.5 Å². The van der Waals surface area contributed by atoms with Crippen LogP contribution in [-0.4, -0.2) is 15.3 Å². The monoisotopic (exact) mass is 305 g/mol. The molecule has 0 fully saturated rings. The Hall–Kier alpha value is -3.08. The molecule has 0 radical (unpaired) electrons. The van der Waals surface area contributed by atoms with Crippen LogP contribution < -0.4 is 5.32 Å². The standard InChI is InChI=1S/C18H15N3O2/c1-12-5-4-7-15-17(12)20-16(23-15)11-19-18(22)14-9-8-13-6-2-3-10-21(13)14/h2-10H,11H2,1H3,(H,19,22). The van der Waals surface area contributed by atoms with Crippen molar-refractivity contribution in [2.24, 2.45) is 0 Å². The number of nitrogens with one attached hydrogen (secondary N) is 1. The number of oxazole rings is 1. The van der Waals surface area contributed by atoms with Crippen LogP contribution in [0, 0.1) is 6.92 Å². The molecule has 0 aliphatic heterocycles. The molecule has 114 valence electrons. The molecule has 1 aromatic carbocycles. The van der Waals surface area contributed by atoms with Crippen molar-refractivity contribution in [3.05, 3.63) is 71.9 Å². The highest BCUT2D eigenvalue weighted by Gasteiger charge is 2.12.